The van der Waals surface area contributed by atoms with Crippen LogP contribution >= 0.6 is 11.3 Å². The van der Waals surface area contributed by atoms with Gasteiger partial charge in [-0.1, -0.05) is 35.6 Å². The number of hydrogen-bond acceptors (Lipinski definition) is 9. The molecular formula is C27H26N2O7S. The first-order chi connectivity index (χ1) is 17.8. The summed E-state index contributed by atoms with van der Waals surface area (Å²) in [7, 11) is 1.53. The van der Waals surface area contributed by atoms with Crippen LogP contribution in [0, 0.1) is 6.92 Å². The van der Waals surface area contributed by atoms with Crippen molar-refractivity contribution in [1.29, 1.82) is 0 Å². The highest BCUT2D eigenvalue weighted by Gasteiger charge is 2.48. The Morgan fingerprint density at radius 2 is 1.81 bits per heavy atom. The summed E-state index contributed by atoms with van der Waals surface area (Å²) in [5.74, 6) is -1.55. The standard InChI is InChI=1S/C27H26N2O7S/c1-5-35-19-9-7-8-17(14-19)22(30)20-21(16-10-12-18(34-4)13-11-16)29(25(32)23(20)31)27-28-15(3)24(37-27)26(33)36-6-2/h7-14,21,30H,5-6H2,1-4H3. The number of carbonyl (C=O) groups is 3. The van der Waals surface area contributed by atoms with Crippen LogP contribution in [0.1, 0.15) is 46.4 Å². The van der Waals surface area contributed by atoms with E-state index in [-0.39, 0.29) is 27.9 Å². The molecule has 1 aromatic heterocycles. The van der Waals surface area contributed by atoms with Crippen LogP contribution in [0.4, 0.5) is 5.13 Å². The number of Topliss-reactive ketones (excluding diaryl/α,β-unsaturated/α-hetero) is 1. The van der Waals surface area contributed by atoms with E-state index in [2.05, 4.69) is 4.98 Å². The molecule has 192 valence electrons. The molecule has 1 aliphatic heterocycles. The Labute approximate surface area is 217 Å². The Kier molecular flexibility index (Phi) is 7.58. The predicted molar refractivity (Wildman–Crippen MR) is 138 cm³/mol. The summed E-state index contributed by atoms with van der Waals surface area (Å²) in [6.07, 6.45) is 0. The summed E-state index contributed by atoms with van der Waals surface area (Å²) in [6.45, 7) is 5.76. The zero-order valence-electron chi connectivity index (χ0n) is 20.8. The van der Waals surface area contributed by atoms with Crippen LogP contribution in [0.3, 0.4) is 0 Å². The van der Waals surface area contributed by atoms with Crippen molar-refractivity contribution in [3.05, 3.63) is 75.8 Å². The monoisotopic (exact) mass is 522 g/mol. The molecule has 3 aromatic rings. The molecule has 2 heterocycles. The van der Waals surface area contributed by atoms with E-state index in [1.54, 1.807) is 62.4 Å². The number of esters is 1. The van der Waals surface area contributed by atoms with Gasteiger partial charge in [-0.25, -0.2) is 9.78 Å². The zero-order valence-corrected chi connectivity index (χ0v) is 21.6. The molecule has 1 unspecified atom stereocenters. The fraction of sp³-hybridized carbons (Fsp3) is 0.259. The summed E-state index contributed by atoms with van der Waals surface area (Å²) in [6, 6.07) is 12.5. The molecule has 37 heavy (non-hydrogen) atoms. The highest BCUT2D eigenvalue weighted by molar-refractivity contribution is 7.17. The van der Waals surface area contributed by atoms with Crippen molar-refractivity contribution in [2.75, 3.05) is 25.2 Å². The number of aromatic nitrogens is 1. The lowest BCUT2D eigenvalue weighted by Gasteiger charge is -2.23. The summed E-state index contributed by atoms with van der Waals surface area (Å²) in [5, 5.41) is 11.5. The van der Waals surface area contributed by atoms with Crippen molar-refractivity contribution in [3.8, 4) is 11.5 Å². The highest BCUT2D eigenvalue weighted by atomic mass is 32.1. The SMILES string of the molecule is CCOC(=O)c1sc(N2C(=O)C(=O)C(=C(O)c3cccc(OCC)c3)C2c2ccc(OC)cc2)nc1C. The van der Waals surface area contributed by atoms with Crippen molar-refractivity contribution in [2.24, 2.45) is 0 Å². The molecule has 0 bridgehead atoms. The highest BCUT2D eigenvalue weighted by Crippen LogP contribution is 2.44. The van der Waals surface area contributed by atoms with Crippen LogP contribution in [0.25, 0.3) is 5.76 Å². The third-order valence-electron chi connectivity index (χ3n) is 5.75. The number of ketones is 1. The summed E-state index contributed by atoms with van der Waals surface area (Å²) in [5.41, 5.74) is 1.14. The van der Waals surface area contributed by atoms with E-state index >= 15 is 0 Å². The molecule has 2 aromatic carbocycles. The maximum Gasteiger partial charge on any atom is 0.350 e. The van der Waals surface area contributed by atoms with Crippen LogP contribution in [0.2, 0.25) is 0 Å². The van der Waals surface area contributed by atoms with E-state index in [0.717, 1.165) is 11.3 Å². The first-order valence-electron chi connectivity index (χ1n) is 11.6. The Hall–Kier alpha value is -4.18. The minimum Gasteiger partial charge on any atom is -0.507 e. The number of benzene rings is 2. The fourth-order valence-corrected chi connectivity index (χ4v) is 5.05. The Morgan fingerprint density at radius 1 is 1.08 bits per heavy atom. The molecular weight excluding hydrogens is 496 g/mol. The maximum absolute atomic E-state index is 13.4. The van der Waals surface area contributed by atoms with Crippen LogP contribution in [0.15, 0.2) is 54.1 Å². The van der Waals surface area contributed by atoms with Crippen molar-refractivity contribution < 1.29 is 33.7 Å². The van der Waals surface area contributed by atoms with Gasteiger partial charge >= 0.3 is 11.9 Å². The number of aliphatic hydroxyl groups excluding tert-OH is 1. The second-order valence-corrected chi connectivity index (χ2v) is 9.01. The third kappa shape index (κ3) is 4.92. The molecule has 9 nitrogen and oxygen atoms in total. The van der Waals surface area contributed by atoms with Gasteiger partial charge in [0.1, 0.15) is 22.1 Å². The first kappa shape index (κ1) is 25.9. The average Bonchev–Trinajstić information content (AvgIpc) is 3.41. The fourth-order valence-electron chi connectivity index (χ4n) is 4.06. The number of methoxy groups -OCH3 is 1. The quantitative estimate of drug-likeness (QED) is 0.197. The zero-order chi connectivity index (χ0) is 26.7. The van der Waals surface area contributed by atoms with E-state index in [9.17, 15) is 19.5 Å². The number of aliphatic hydroxyl groups is 1. The molecule has 1 atom stereocenters. The predicted octanol–water partition coefficient (Wildman–Crippen LogP) is 4.66. The topological polar surface area (TPSA) is 115 Å². The van der Waals surface area contributed by atoms with Crippen molar-refractivity contribution in [1.82, 2.24) is 4.98 Å². The lowest BCUT2D eigenvalue weighted by Crippen LogP contribution is -2.29. The van der Waals surface area contributed by atoms with Gasteiger partial charge in [-0.05, 0) is 50.6 Å². The largest absolute Gasteiger partial charge is 0.507 e. The summed E-state index contributed by atoms with van der Waals surface area (Å²) in [4.78, 5) is 45.0. The van der Waals surface area contributed by atoms with E-state index in [0.29, 0.717) is 34.9 Å². The van der Waals surface area contributed by atoms with Gasteiger partial charge in [0.25, 0.3) is 5.78 Å². The number of ether oxygens (including phenoxy) is 3. The molecule has 1 saturated heterocycles. The second-order valence-electron chi connectivity index (χ2n) is 8.03. The molecule has 0 saturated carbocycles. The minimum atomic E-state index is -0.998. The molecule has 0 spiro atoms. The Morgan fingerprint density at radius 3 is 2.46 bits per heavy atom. The number of nitrogens with zero attached hydrogens (tertiary/aromatic N) is 2. The number of carbonyl (C=O) groups excluding carboxylic acids is 3. The van der Waals surface area contributed by atoms with Crippen LogP contribution in [-0.2, 0) is 14.3 Å². The van der Waals surface area contributed by atoms with Crippen molar-refractivity contribution in [2.45, 2.75) is 26.8 Å². The molecule has 1 aliphatic rings. The van der Waals surface area contributed by atoms with E-state index in [4.69, 9.17) is 14.2 Å². The molecule has 10 heteroatoms. The molecule has 1 amide bonds. The maximum atomic E-state index is 13.4. The summed E-state index contributed by atoms with van der Waals surface area (Å²) >= 11 is 0.954. The average molecular weight is 523 g/mol. The van der Waals surface area contributed by atoms with E-state index in [1.165, 1.54) is 12.0 Å². The molecule has 0 aliphatic carbocycles. The number of hydrogen-bond donors (Lipinski definition) is 1. The molecule has 1 N–H and O–H groups in total. The van der Waals surface area contributed by atoms with Gasteiger partial charge in [-0.15, -0.1) is 0 Å². The second kappa shape index (κ2) is 10.8. The van der Waals surface area contributed by atoms with E-state index < -0.39 is 23.7 Å². The normalized spacial score (nSPS) is 16.6. The Balaban J connectivity index is 1.89. The van der Waals surface area contributed by atoms with Crippen LogP contribution < -0.4 is 14.4 Å². The van der Waals surface area contributed by atoms with Crippen molar-refractivity contribution in [3.63, 3.8) is 0 Å². The van der Waals surface area contributed by atoms with Gasteiger partial charge in [-0.2, -0.15) is 0 Å². The van der Waals surface area contributed by atoms with Gasteiger partial charge in [0.15, 0.2) is 5.13 Å². The molecule has 4 rings (SSSR count). The van der Waals surface area contributed by atoms with Gasteiger partial charge < -0.3 is 19.3 Å². The minimum absolute atomic E-state index is 0.102. The molecule has 0 radical (unpaired) electrons. The first-order valence-corrected chi connectivity index (χ1v) is 12.4. The number of rotatable bonds is 8. The lowest BCUT2D eigenvalue weighted by molar-refractivity contribution is -0.132. The van der Waals surface area contributed by atoms with Gasteiger partial charge in [0.2, 0.25) is 0 Å². The lowest BCUT2D eigenvalue weighted by atomic mass is 9.95. The number of thiazole rings is 1. The van der Waals surface area contributed by atoms with Crippen molar-refractivity contribution >= 4 is 39.9 Å². The molecule has 1 fully saturated rings. The van der Waals surface area contributed by atoms with Crippen LogP contribution in [-0.4, -0.2) is 48.1 Å². The van der Waals surface area contributed by atoms with E-state index in [1.807, 2.05) is 6.92 Å². The van der Waals surface area contributed by atoms with Gasteiger partial charge in [-0.3, -0.25) is 14.5 Å². The van der Waals surface area contributed by atoms with Gasteiger partial charge in [0.05, 0.1) is 37.6 Å². The Bertz CT molecular complexity index is 1380. The number of anilines is 1. The number of amides is 1. The summed E-state index contributed by atoms with van der Waals surface area (Å²) < 4.78 is 15.9. The van der Waals surface area contributed by atoms with Gasteiger partial charge in [0, 0.05) is 5.56 Å². The van der Waals surface area contributed by atoms with Crippen LogP contribution in [0.5, 0.6) is 11.5 Å². The third-order valence-corrected chi connectivity index (χ3v) is 6.88. The number of aryl methyl sites for hydroxylation is 1. The smallest absolute Gasteiger partial charge is 0.350 e.